The van der Waals surface area contributed by atoms with Gasteiger partial charge >= 0.3 is 0 Å². The number of ether oxygens (including phenoxy) is 1. The fourth-order valence-electron chi connectivity index (χ4n) is 2.42. The highest BCUT2D eigenvalue weighted by Crippen LogP contribution is 2.42. The van der Waals surface area contributed by atoms with Crippen molar-refractivity contribution in [3.63, 3.8) is 0 Å². The molecule has 0 amide bonds. The molecule has 0 spiro atoms. The van der Waals surface area contributed by atoms with Crippen molar-refractivity contribution in [2.45, 2.75) is 25.7 Å². The van der Waals surface area contributed by atoms with Crippen molar-refractivity contribution < 1.29 is 9.53 Å². The molecule has 12 heavy (non-hydrogen) atoms. The number of allylic oxidation sites excluding steroid dienone is 1. The lowest BCUT2D eigenvalue weighted by Gasteiger charge is -2.36. The lowest BCUT2D eigenvalue weighted by atomic mass is 9.67. The van der Waals surface area contributed by atoms with Gasteiger partial charge in [0.25, 0.3) is 0 Å². The van der Waals surface area contributed by atoms with Gasteiger partial charge in [-0.3, -0.25) is 4.79 Å². The van der Waals surface area contributed by atoms with Crippen LogP contribution in [0.3, 0.4) is 0 Å². The third-order valence-electron chi connectivity index (χ3n) is 2.98. The molecule has 0 aromatic carbocycles. The molecule has 0 aromatic heterocycles. The quantitative estimate of drug-likeness (QED) is 0.556. The molecular weight excluding hydrogens is 152 g/mol. The predicted octanol–water partition coefficient (Wildman–Crippen LogP) is 1.91. The number of methoxy groups -OCH3 is 1. The van der Waals surface area contributed by atoms with Gasteiger partial charge in [0.15, 0.2) is 0 Å². The summed E-state index contributed by atoms with van der Waals surface area (Å²) in [6, 6.07) is 0. The summed E-state index contributed by atoms with van der Waals surface area (Å²) in [5, 5.41) is 0. The first-order valence-corrected chi connectivity index (χ1v) is 4.55. The first-order valence-electron chi connectivity index (χ1n) is 4.55. The van der Waals surface area contributed by atoms with Gasteiger partial charge in [-0.2, -0.15) is 0 Å². The van der Waals surface area contributed by atoms with E-state index in [0.29, 0.717) is 11.7 Å². The monoisotopic (exact) mass is 166 g/mol. The lowest BCUT2D eigenvalue weighted by Crippen LogP contribution is -2.33. The van der Waals surface area contributed by atoms with E-state index in [1.54, 1.807) is 13.4 Å². The Labute approximate surface area is 72.6 Å². The van der Waals surface area contributed by atoms with Gasteiger partial charge in [0.05, 0.1) is 13.4 Å². The van der Waals surface area contributed by atoms with E-state index in [1.165, 1.54) is 12.0 Å². The van der Waals surface area contributed by atoms with Gasteiger partial charge in [-0.25, -0.2) is 0 Å². The number of ketones is 1. The van der Waals surface area contributed by atoms with Gasteiger partial charge < -0.3 is 4.74 Å². The summed E-state index contributed by atoms with van der Waals surface area (Å²) in [5.41, 5.74) is 1.23. The van der Waals surface area contributed by atoms with Gasteiger partial charge in [-0.05, 0) is 30.8 Å². The minimum atomic E-state index is 0.204. The minimum Gasteiger partial charge on any atom is -0.504 e. The molecule has 2 bridgehead atoms. The molecule has 66 valence electrons. The molecule has 0 unspecified atom stereocenters. The Hall–Kier alpha value is -0.790. The molecule has 2 atom stereocenters. The third kappa shape index (κ3) is 1.15. The van der Waals surface area contributed by atoms with Crippen molar-refractivity contribution in [3.8, 4) is 0 Å². The fraction of sp³-hybridized carbons (Fsp3) is 0.700. The molecule has 3 fully saturated rings. The number of hydrogen-bond acceptors (Lipinski definition) is 2. The first kappa shape index (κ1) is 7.84. The van der Waals surface area contributed by atoms with E-state index in [4.69, 9.17) is 4.74 Å². The second kappa shape index (κ2) is 2.92. The van der Waals surface area contributed by atoms with Crippen LogP contribution in [0.2, 0.25) is 0 Å². The third-order valence-corrected chi connectivity index (χ3v) is 2.98. The van der Waals surface area contributed by atoms with E-state index < -0.39 is 0 Å². The van der Waals surface area contributed by atoms with E-state index in [9.17, 15) is 4.79 Å². The molecule has 0 aromatic rings. The first-order chi connectivity index (χ1) is 5.81. The van der Waals surface area contributed by atoms with Gasteiger partial charge in [-0.1, -0.05) is 0 Å². The van der Waals surface area contributed by atoms with Crippen molar-refractivity contribution in [2.24, 2.45) is 11.8 Å². The molecule has 0 radical (unpaired) electrons. The molecule has 0 heterocycles. The van der Waals surface area contributed by atoms with E-state index in [-0.39, 0.29) is 5.92 Å². The Morgan fingerprint density at radius 2 is 2.25 bits per heavy atom. The number of fused-ring (bicyclic) bond motifs is 3. The van der Waals surface area contributed by atoms with Crippen LogP contribution < -0.4 is 0 Å². The zero-order valence-electron chi connectivity index (χ0n) is 7.38. The van der Waals surface area contributed by atoms with Crippen LogP contribution in [-0.2, 0) is 9.53 Å². The summed E-state index contributed by atoms with van der Waals surface area (Å²) in [5.74, 6) is 1.25. The molecule has 3 aliphatic carbocycles. The molecule has 0 aliphatic heterocycles. The van der Waals surface area contributed by atoms with Crippen molar-refractivity contribution in [1.29, 1.82) is 0 Å². The number of rotatable bonds is 1. The maximum atomic E-state index is 11.4. The molecule has 0 saturated heterocycles. The molecule has 3 aliphatic rings. The lowest BCUT2D eigenvalue weighted by molar-refractivity contribution is -0.126. The van der Waals surface area contributed by atoms with Crippen molar-refractivity contribution in [2.75, 3.05) is 7.11 Å². The number of Topliss-reactive ketones (excluding diaryl/α,β-unsaturated/α-hetero) is 1. The van der Waals surface area contributed by atoms with Crippen LogP contribution in [0, 0.1) is 11.8 Å². The van der Waals surface area contributed by atoms with Crippen LogP contribution in [0.25, 0.3) is 0 Å². The highest BCUT2D eigenvalue weighted by Gasteiger charge is 2.37. The maximum absolute atomic E-state index is 11.4. The highest BCUT2D eigenvalue weighted by atomic mass is 16.5. The summed E-state index contributed by atoms with van der Waals surface area (Å²) in [4.78, 5) is 11.4. The molecule has 3 rings (SSSR count). The Morgan fingerprint density at radius 1 is 1.42 bits per heavy atom. The van der Waals surface area contributed by atoms with Crippen LogP contribution in [0.4, 0.5) is 0 Å². The summed E-state index contributed by atoms with van der Waals surface area (Å²) >= 11 is 0. The van der Waals surface area contributed by atoms with Crippen molar-refractivity contribution in [3.05, 3.63) is 11.8 Å². The molecule has 0 N–H and O–H groups in total. The smallest absolute Gasteiger partial charge is 0.140 e. The molecular formula is C10H14O2. The van der Waals surface area contributed by atoms with Crippen molar-refractivity contribution in [1.82, 2.24) is 0 Å². The average molecular weight is 166 g/mol. The van der Waals surface area contributed by atoms with Crippen LogP contribution >= 0.6 is 0 Å². The number of carbonyl (C=O) groups excluding carboxylic acids is 1. The summed E-state index contributed by atoms with van der Waals surface area (Å²) in [6.45, 7) is 0. The second-order valence-corrected chi connectivity index (χ2v) is 3.80. The molecule has 3 saturated carbocycles. The van der Waals surface area contributed by atoms with Gasteiger partial charge in [0, 0.05) is 12.3 Å². The Morgan fingerprint density at radius 3 is 2.83 bits per heavy atom. The predicted molar refractivity (Wildman–Crippen MR) is 45.5 cm³/mol. The molecule has 2 heteroatoms. The standard InChI is InChI=1S/C10H14O2/c1-12-6-8-4-7-2-3-9(8)10(11)5-7/h6-7,9H,2-5H2,1H3/b8-6+/t7-,9+/m1/s1. The topological polar surface area (TPSA) is 26.3 Å². The molecule has 2 nitrogen and oxygen atoms in total. The van der Waals surface area contributed by atoms with E-state index >= 15 is 0 Å². The normalized spacial score (nSPS) is 37.4. The summed E-state index contributed by atoms with van der Waals surface area (Å²) < 4.78 is 4.97. The Bertz CT molecular complexity index is 230. The van der Waals surface area contributed by atoms with Crippen molar-refractivity contribution >= 4 is 5.78 Å². The van der Waals surface area contributed by atoms with E-state index in [2.05, 4.69) is 0 Å². The van der Waals surface area contributed by atoms with Crippen LogP contribution in [0.15, 0.2) is 11.8 Å². The SMILES string of the molecule is CO/C=C1\C[C@H]2CC[C@@H]1C(=O)C2. The van der Waals surface area contributed by atoms with Gasteiger partial charge in [0.1, 0.15) is 5.78 Å². The highest BCUT2D eigenvalue weighted by molar-refractivity contribution is 5.85. The maximum Gasteiger partial charge on any atom is 0.140 e. The van der Waals surface area contributed by atoms with Gasteiger partial charge in [-0.15, -0.1) is 0 Å². The van der Waals surface area contributed by atoms with E-state index in [0.717, 1.165) is 19.3 Å². The largest absolute Gasteiger partial charge is 0.504 e. The summed E-state index contributed by atoms with van der Waals surface area (Å²) in [6.07, 6.45) is 5.96. The Kier molecular flexibility index (Phi) is 1.91. The zero-order chi connectivity index (χ0) is 8.55. The second-order valence-electron chi connectivity index (χ2n) is 3.80. The number of carbonyl (C=O) groups is 1. The van der Waals surface area contributed by atoms with E-state index in [1.807, 2.05) is 0 Å². The number of hydrogen-bond donors (Lipinski definition) is 0. The minimum absolute atomic E-state index is 0.204. The zero-order valence-corrected chi connectivity index (χ0v) is 7.38. The average Bonchev–Trinajstić information content (AvgIpc) is 2.05. The van der Waals surface area contributed by atoms with Crippen LogP contribution in [0.5, 0.6) is 0 Å². The Balaban J connectivity index is 2.19. The summed E-state index contributed by atoms with van der Waals surface area (Å²) in [7, 11) is 1.65. The fourth-order valence-corrected chi connectivity index (χ4v) is 2.42. The van der Waals surface area contributed by atoms with Crippen LogP contribution in [0.1, 0.15) is 25.7 Å². The van der Waals surface area contributed by atoms with Gasteiger partial charge in [0.2, 0.25) is 0 Å². The van der Waals surface area contributed by atoms with Crippen LogP contribution in [-0.4, -0.2) is 12.9 Å².